The molecule has 0 bridgehead atoms. The minimum absolute atomic E-state index is 0.221. The molecule has 1 aromatic rings. The third kappa shape index (κ3) is 3.42. The van der Waals surface area contributed by atoms with Gasteiger partial charge in [0.15, 0.2) is 0 Å². The van der Waals surface area contributed by atoms with Gasteiger partial charge in [0.2, 0.25) is 5.91 Å². The zero-order chi connectivity index (χ0) is 14.7. The number of ether oxygens (including phenoxy) is 1. The van der Waals surface area contributed by atoms with E-state index in [9.17, 15) is 4.79 Å². The van der Waals surface area contributed by atoms with E-state index in [2.05, 4.69) is 17.0 Å². The molecule has 2 aliphatic rings. The molecule has 0 saturated carbocycles. The second kappa shape index (κ2) is 6.81. The highest BCUT2D eigenvalue weighted by Gasteiger charge is 2.26. The molecule has 0 spiro atoms. The van der Waals surface area contributed by atoms with Crippen LogP contribution in [0.3, 0.4) is 0 Å². The van der Waals surface area contributed by atoms with Gasteiger partial charge in [0.25, 0.3) is 0 Å². The van der Waals surface area contributed by atoms with E-state index < -0.39 is 0 Å². The molecule has 114 valence electrons. The molecule has 2 aliphatic heterocycles. The van der Waals surface area contributed by atoms with Crippen molar-refractivity contribution in [3.8, 4) is 0 Å². The summed E-state index contributed by atoms with van der Waals surface area (Å²) >= 11 is 1.84. The van der Waals surface area contributed by atoms with E-state index in [1.54, 1.807) is 7.11 Å². The summed E-state index contributed by atoms with van der Waals surface area (Å²) < 4.78 is 5.38. The quantitative estimate of drug-likeness (QED) is 0.857. The molecule has 4 nitrogen and oxygen atoms in total. The van der Waals surface area contributed by atoms with Gasteiger partial charge in [-0.2, -0.15) is 0 Å². The maximum absolute atomic E-state index is 12.6. The van der Waals surface area contributed by atoms with E-state index in [1.165, 1.54) is 4.90 Å². The molecule has 0 radical (unpaired) electrons. The highest BCUT2D eigenvalue weighted by molar-refractivity contribution is 7.99. The Balaban J connectivity index is 1.62. The number of para-hydroxylation sites is 1. The van der Waals surface area contributed by atoms with E-state index in [4.69, 9.17) is 4.74 Å². The van der Waals surface area contributed by atoms with Gasteiger partial charge in [0.05, 0.1) is 18.3 Å². The Labute approximate surface area is 130 Å². The highest BCUT2D eigenvalue weighted by Crippen LogP contribution is 2.34. The molecular formula is C16H22N2O2S. The number of likely N-dealkylation sites (tertiary alicyclic amines) is 1. The summed E-state index contributed by atoms with van der Waals surface area (Å²) in [4.78, 5) is 18.0. The molecule has 0 aromatic heterocycles. The fraction of sp³-hybridized carbons (Fsp3) is 0.562. The predicted octanol–water partition coefficient (Wildman–Crippen LogP) is 2.24. The number of rotatable bonds is 3. The van der Waals surface area contributed by atoms with Crippen molar-refractivity contribution >= 4 is 23.4 Å². The number of carbonyl (C=O) groups excluding carboxylic acids is 1. The number of amides is 1. The van der Waals surface area contributed by atoms with Crippen LogP contribution in [-0.4, -0.2) is 56.0 Å². The number of hydrogen-bond donors (Lipinski definition) is 0. The van der Waals surface area contributed by atoms with Crippen LogP contribution in [0.4, 0.5) is 5.69 Å². The Kier molecular flexibility index (Phi) is 4.83. The number of hydrogen-bond acceptors (Lipinski definition) is 4. The number of nitrogens with zero attached hydrogens (tertiary/aromatic N) is 2. The van der Waals surface area contributed by atoms with Gasteiger partial charge in [-0.3, -0.25) is 9.69 Å². The van der Waals surface area contributed by atoms with Gasteiger partial charge in [-0.15, -0.1) is 11.8 Å². The first-order valence-electron chi connectivity index (χ1n) is 7.55. The third-order valence-corrected chi connectivity index (χ3v) is 5.30. The number of benzene rings is 1. The summed E-state index contributed by atoms with van der Waals surface area (Å²) in [6.45, 7) is 3.24. The van der Waals surface area contributed by atoms with Crippen LogP contribution >= 0.6 is 11.8 Å². The van der Waals surface area contributed by atoms with E-state index in [0.29, 0.717) is 12.6 Å². The summed E-state index contributed by atoms with van der Waals surface area (Å²) in [6, 6.07) is 8.20. The maximum atomic E-state index is 12.6. The molecule has 1 fully saturated rings. The monoisotopic (exact) mass is 306 g/mol. The molecular weight excluding hydrogens is 284 g/mol. The number of thioether (sulfide) groups is 1. The summed E-state index contributed by atoms with van der Waals surface area (Å²) in [7, 11) is 1.77. The molecule has 0 aliphatic carbocycles. The van der Waals surface area contributed by atoms with Crippen molar-refractivity contribution in [3.05, 3.63) is 24.3 Å². The first-order chi connectivity index (χ1) is 10.3. The Hall–Kier alpha value is -1.04. The Morgan fingerprint density at radius 3 is 2.81 bits per heavy atom. The zero-order valence-corrected chi connectivity index (χ0v) is 13.3. The van der Waals surface area contributed by atoms with Gasteiger partial charge >= 0.3 is 0 Å². The number of piperidine rings is 1. The van der Waals surface area contributed by atoms with Crippen LogP contribution in [0.15, 0.2) is 29.2 Å². The molecule has 1 aromatic carbocycles. The lowest BCUT2D eigenvalue weighted by molar-refractivity contribution is -0.120. The lowest BCUT2D eigenvalue weighted by atomic mass is 10.1. The first kappa shape index (κ1) is 14.9. The van der Waals surface area contributed by atoms with E-state index in [-0.39, 0.29) is 5.91 Å². The normalized spacial score (nSPS) is 20.3. The van der Waals surface area contributed by atoms with Crippen molar-refractivity contribution in [2.75, 3.05) is 43.9 Å². The summed E-state index contributed by atoms with van der Waals surface area (Å²) in [5, 5.41) is 0. The minimum atomic E-state index is 0.221. The van der Waals surface area contributed by atoms with Gasteiger partial charge in [0.1, 0.15) is 0 Å². The van der Waals surface area contributed by atoms with Crippen LogP contribution < -0.4 is 4.90 Å². The van der Waals surface area contributed by atoms with Crippen LogP contribution in [0.2, 0.25) is 0 Å². The number of anilines is 1. The van der Waals surface area contributed by atoms with Crippen LogP contribution in [0, 0.1) is 0 Å². The van der Waals surface area contributed by atoms with Crippen LogP contribution in [-0.2, 0) is 9.53 Å². The van der Waals surface area contributed by atoms with Crippen molar-refractivity contribution in [1.29, 1.82) is 0 Å². The van der Waals surface area contributed by atoms with Crippen molar-refractivity contribution in [1.82, 2.24) is 4.90 Å². The fourth-order valence-electron chi connectivity index (χ4n) is 3.01. The maximum Gasteiger partial charge on any atom is 0.241 e. The largest absolute Gasteiger partial charge is 0.381 e. The molecule has 0 N–H and O–H groups in total. The van der Waals surface area contributed by atoms with Gasteiger partial charge in [-0.25, -0.2) is 0 Å². The Morgan fingerprint density at radius 2 is 2.05 bits per heavy atom. The molecule has 5 heteroatoms. The first-order valence-corrected chi connectivity index (χ1v) is 8.54. The minimum Gasteiger partial charge on any atom is -0.381 e. The van der Waals surface area contributed by atoms with Crippen molar-refractivity contribution < 1.29 is 9.53 Å². The van der Waals surface area contributed by atoms with E-state index >= 15 is 0 Å². The van der Waals surface area contributed by atoms with Gasteiger partial charge in [-0.1, -0.05) is 12.1 Å². The molecule has 2 heterocycles. The molecule has 0 unspecified atom stereocenters. The average Bonchev–Trinajstić information content (AvgIpc) is 2.55. The lowest BCUT2D eigenvalue weighted by Crippen LogP contribution is -2.46. The fourth-order valence-corrected chi connectivity index (χ4v) is 4.00. The van der Waals surface area contributed by atoms with Crippen LogP contribution in [0.25, 0.3) is 0 Å². The Bertz CT molecular complexity index is 501. The Morgan fingerprint density at radius 1 is 1.29 bits per heavy atom. The summed E-state index contributed by atoms with van der Waals surface area (Å²) in [5.74, 6) is 1.20. The summed E-state index contributed by atoms with van der Waals surface area (Å²) in [6.07, 6.45) is 2.41. The number of methoxy groups -OCH3 is 1. The predicted molar refractivity (Wildman–Crippen MR) is 86.0 cm³/mol. The van der Waals surface area contributed by atoms with Crippen molar-refractivity contribution in [2.24, 2.45) is 0 Å². The molecule has 21 heavy (non-hydrogen) atoms. The molecule has 1 saturated heterocycles. The van der Waals surface area contributed by atoms with Crippen LogP contribution in [0.5, 0.6) is 0 Å². The van der Waals surface area contributed by atoms with E-state index in [1.807, 2.05) is 28.8 Å². The second-order valence-corrected chi connectivity index (χ2v) is 6.71. The number of fused-ring (bicyclic) bond motifs is 1. The second-order valence-electron chi connectivity index (χ2n) is 5.57. The van der Waals surface area contributed by atoms with Gasteiger partial charge in [0, 0.05) is 37.4 Å². The molecule has 0 atom stereocenters. The average molecular weight is 306 g/mol. The highest BCUT2D eigenvalue weighted by atomic mass is 32.2. The van der Waals surface area contributed by atoms with Crippen molar-refractivity contribution in [3.63, 3.8) is 0 Å². The standard InChI is InChI=1S/C16H22N2O2S/c1-20-13-6-8-17(9-7-13)12-16(19)18-10-11-21-15-5-3-2-4-14(15)18/h2-5,13H,6-12H2,1H3. The SMILES string of the molecule is COC1CCN(CC(=O)N2CCSc3ccccc32)CC1. The zero-order valence-electron chi connectivity index (χ0n) is 12.5. The molecule has 1 amide bonds. The smallest absolute Gasteiger partial charge is 0.241 e. The molecule has 3 rings (SSSR count). The summed E-state index contributed by atoms with van der Waals surface area (Å²) in [5.41, 5.74) is 1.07. The topological polar surface area (TPSA) is 32.8 Å². The van der Waals surface area contributed by atoms with Gasteiger partial charge < -0.3 is 9.64 Å². The van der Waals surface area contributed by atoms with Crippen LogP contribution in [0.1, 0.15) is 12.8 Å². The number of carbonyl (C=O) groups is 1. The lowest BCUT2D eigenvalue weighted by Gasteiger charge is -2.34. The third-order valence-electron chi connectivity index (χ3n) is 4.26. The van der Waals surface area contributed by atoms with E-state index in [0.717, 1.165) is 43.9 Å². The van der Waals surface area contributed by atoms with Gasteiger partial charge in [-0.05, 0) is 25.0 Å². The van der Waals surface area contributed by atoms with Crippen molar-refractivity contribution in [2.45, 2.75) is 23.8 Å².